The Bertz CT molecular complexity index is 135. The van der Waals surface area contributed by atoms with Crippen LogP contribution in [0, 0.1) is 0 Å². The first-order chi connectivity index (χ1) is 6.29. The molecule has 1 rings (SSSR count). The Labute approximate surface area is 81.2 Å². The summed E-state index contributed by atoms with van der Waals surface area (Å²) in [6.07, 6.45) is 2.39. The van der Waals surface area contributed by atoms with E-state index in [1.807, 2.05) is 46.9 Å². The van der Waals surface area contributed by atoms with Gasteiger partial charge in [0.25, 0.3) is 11.8 Å². The number of hydrogen-bond donors (Lipinski definition) is 1. The van der Waals surface area contributed by atoms with Gasteiger partial charge < -0.3 is 0 Å². The number of hydrogen-bond acceptors (Lipinski definition) is 2. The molecule has 78 valence electrons. The average molecular weight is 187 g/mol. The number of imide groups is 1. The van der Waals surface area contributed by atoms with E-state index in [4.69, 9.17) is 0 Å². The normalized spacial score (nSPS) is 10.9. The predicted octanol–water partition coefficient (Wildman–Crippen LogP) is 2.28. The van der Waals surface area contributed by atoms with E-state index in [9.17, 15) is 9.59 Å². The van der Waals surface area contributed by atoms with Crippen molar-refractivity contribution < 1.29 is 9.59 Å². The van der Waals surface area contributed by atoms with Gasteiger partial charge in [0.15, 0.2) is 0 Å². The zero-order chi connectivity index (χ0) is 11.3. The van der Waals surface area contributed by atoms with Crippen molar-refractivity contribution in [2.24, 2.45) is 0 Å². The Morgan fingerprint density at radius 3 is 1.08 bits per heavy atom. The van der Waals surface area contributed by atoms with Crippen molar-refractivity contribution in [3.05, 3.63) is 12.2 Å². The van der Waals surface area contributed by atoms with Crippen molar-refractivity contribution in [3.8, 4) is 0 Å². The van der Waals surface area contributed by atoms with Gasteiger partial charge in [0.2, 0.25) is 0 Å². The first-order valence-corrected chi connectivity index (χ1v) is 4.82. The molecule has 13 heavy (non-hydrogen) atoms. The third kappa shape index (κ3) is 13.8. The molecule has 1 aliphatic heterocycles. The molecule has 2 amide bonds. The van der Waals surface area contributed by atoms with Crippen molar-refractivity contribution in [1.82, 2.24) is 5.32 Å². The van der Waals surface area contributed by atoms with Gasteiger partial charge in [0.05, 0.1) is 0 Å². The van der Waals surface area contributed by atoms with Gasteiger partial charge in [-0.05, 0) is 0 Å². The zero-order valence-corrected chi connectivity index (χ0v) is 9.47. The highest BCUT2D eigenvalue weighted by Gasteiger charge is 2.06. The van der Waals surface area contributed by atoms with Crippen LogP contribution in [0.4, 0.5) is 0 Å². The third-order valence-electron chi connectivity index (χ3n) is 0.632. The lowest BCUT2D eigenvalue weighted by atomic mass is 10.6. The summed E-state index contributed by atoms with van der Waals surface area (Å²) in [5, 5.41) is 2.03. The van der Waals surface area contributed by atoms with Gasteiger partial charge in [-0.3, -0.25) is 14.9 Å². The predicted molar refractivity (Wildman–Crippen MR) is 56.3 cm³/mol. The Kier molecular flexibility index (Phi) is 23.5. The van der Waals surface area contributed by atoms with E-state index in [1.165, 1.54) is 12.2 Å². The third-order valence-corrected chi connectivity index (χ3v) is 0.632. The molecule has 0 saturated heterocycles. The Morgan fingerprint density at radius 1 is 0.769 bits per heavy atom. The molecule has 0 aromatic heterocycles. The molecule has 0 aromatic carbocycles. The fourth-order valence-corrected chi connectivity index (χ4v) is 0.356. The van der Waals surface area contributed by atoms with Crippen molar-refractivity contribution in [2.75, 3.05) is 0 Å². The van der Waals surface area contributed by atoms with Crippen LogP contribution in [-0.2, 0) is 9.59 Å². The second kappa shape index (κ2) is 17.1. The van der Waals surface area contributed by atoms with Gasteiger partial charge in [0.1, 0.15) is 0 Å². The minimum atomic E-state index is -0.329. The fourth-order valence-electron chi connectivity index (χ4n) is 0.356. The lowest BCUT2D eigenvalue weighted by molar-refractivity contribution is -0.123. The van der Waals surface area contributed by atoms with E-state index in [2.05, 4.69) is 0 Å². The number of amides is 2. The standard InChI is InChI=1S/C4H3NO2.3C2H6/c6-3-1-2-4(7)5-3;3*1-2/h1-2H,(H,5,6,7);3*1-2H3. The maximum Gasteiger partial charge on any atom is 0.250 e. The molecule has 0 radical (unpaired) electrons. The van der Waals surface area contributed by atoms with Gasteiger partial charge in [-0.2, -0.15) is 0 Å². The SMILES string of the molecule is CC.CC.CC.O=C1C=CC(=O)N1. The molecule has 0 aromatic rings. The van der Waals surface area contributed by atoms with Crippen molar-refractivity contribution in [3.63, 3.8) is 0 Å². The van der Waals surface area contributed by atoms with Crippen LogP contribution in [0.1, 0.15) is 41.5 Å². The molecule has 0 saturated carbocycles. The summed E-state index contributed by atoms with van der Waals surface area (Å²) in [6.45, 7) is 12.0. The quantitative estimate of drug-likeness (QED) is 0.591. The summed E-state index contributed by atoms with van der Waals surface area (Å²) in [5.74, 6) is -0.657. The van der Waals surface area contributed by atoms with E-state index in [0.29, 0.717) is 0 Å². The maximum atomic E-state index is 10.0. The van der Waals surface area contributed by atoms with Crippen LogP contribution in [-0.4, -0.2) is 11.8 Å². The summed E-state index contributed by atoms with van der Waals surface area (Å²) in [7, 11) is 0. The molecular weight excluding hydrogens is 166 g/mol. The topological polar surface area (TPSA) is 46.2 Å². The minimum Gasteiger partial charge on any atom is -0.289 e. The van der Waals surface area contributed by atoms with Crippen LogP contribution in [0.15, 0.2) is 12.2 Å². The minimum absolute atomic E-state index is 0.329. The van der Waals surface area contributed by atoms with Gasteiger partial charge in [0, 0.05) is 12.2 Å². The molecule has 1 N–H and O–H groups in total. The highest BCUT2D eigenvalue weighted by molar-refractivity contribution is 6.12. The lowest BCUT2D eigenvalue weighted by Crippen LogP contribution is -2.19. The molecule has 0 atom stereocenters. The van der Waals surface area contributed by atoms with Crippen LogP contribution < -0.4 is 5.32 Å². The average Bonchev–Trinajstić information content (AvgIpc) is 2.60. The fraction of sp³-hybridized carbons (Fsp3) is 0.600. The van der Waals surface area contributed by atoms with Crippen molar-refractivity contribution in [1.29, 1.82) is 0 Å². The molecule has 0 unspecified atom stereocenters. The van der Waals surface area contributed by atoms with Gasteiger partial charge in [-0.15, -0.1) is 0 Å². The summed E-state index contributed by atoms with van der Waals surface area (Å²) in [4.78, 5) is 20.1. The van der Waals surface area contributed by atoms with Crippen LogP contribution in [0.25, 0.3) is 0 Å². The molecule has 0 bridgehead atoms. The van der Waals surface area contributed by atoms with E-state index in [1.54, 1.807) is 0 Å². The first kappa shape index (κ1) is 17.8. The van der Waals surface area contributed by atoms with Crippen LogP contribution >= 0.6 is 0 Å². The second-order valence-electron chi connectivity index (χ2n) is 1.19. The first-order valence-electron chi connectivity index (χ1n) is 4.82. The largest absolute Gasteiger partial charge is 0.289 e. The summed E-state index contributed by atoms with van der Waals surface area (Å²) in [5.41, 5.74) is 0. The van der Waals surface area contributed by atoms with E-state index in [-0.39, 0.29) is 11.8 Å². The highest BCUT2D eigenvalue weighted by atomic mass is 16.2. The molecule has 3 heteroatoms. The van der Waals surface area contributed by atoms with Crippen molar-refractivity contribution in [2.45, 2.75) is 41.5 Å². The summed E-state index contributed by atoms with van der Waals surface area (Å²) in [6, 6.07) is 0. The molecule has 0 spiro atoms. The molecule has 0 aliphatic carbocycles. The number of carbonyl (C=O) groups excluding carboxylic acids is 2. The van der Waals surface area contributed by atoms with Gasteiger partial charge in [-0.1, -0.05) is 41.5 Å². The zero-order valence-electron chi connectivity index (χ0n) is 9.47. The second-order valence-corrected chi connectivity index (χ2v) is 1.19. The number of rotatable bonds is 0. The van der Waals surface area contributed by atoms with E-state index >= 15 is 0 Å². The van der Waals surface area contributed by atoms with Crippen molar-refractivity contribution >= 4 is 11.8 Å². The number of carbonyl (C=O) groups is 2. The Hall–Kier alpha value is -1.12. The molecule has 3 nitrogen and oxygen atoms in total. The van der Waals surface area contributed by atoms with Gasteiger partial charge >= 0.3 is 0 Å². The number of nitrogens with one attached hydrogen (secondary N) is 1. The highest BCUT2D eigenvalue weighted by Crippen LogP contribution is 1.82. The molecule has 1 aliphatic rings. The van der Waals surface area contributed by atoms with Crippen LogP contribution in [0.2, 0.25) is 0 Å². The Balaban J connectivity index is -0.000000144. The van der Waals surface area contributed by atoms with E-state index < -0.39 is 0 Å². The molecule has 1 heterocycles. The molecular formula is C10H21NO2. The summed E-state index contributed by atoms with van der Waals surface area (Å²) >= 11 is 0. The van der Waals surface area contributed by atoms with Crippen LogP contribution in [0.3, 0.4) is 0 Å². The van der Waals surface area contributed by atoms with Gasteiger partial charge in [-0.25, -0.2) is 0 Å². The monoisotopic (exact) mass is 187 g/mol. The molecule has 0 fully saturated rings. The Morgan fingerprint density at radius 2 is 1.00 bits per heavy atom. The van der Waals surface area contributed by atoms with E-state index in [0.717, 1.165) is 0 Å². The maximum absolute atomic E-state index is 10.0. The van der Waals surface area contributed by atoms with Crippen LogP contribution in [0.5, 0.6) is 0 Å². The summed E-state index contributed by atoms with van der Waals surface area (Å²) < 4.78 is 0. The lowest BCUT2D eigenvalue weighted by Gasteiger charge is -1.80. The smallest absolute Gasteiger partial charge is 0.250 e.